The van der Waals surface area contributed by atoms with Gasteiger partial charge in [0.2, 0.25) is 0 Å². The summed E-state index contributed by atoms with van der Waals surface area (Å²) >= 11 is 0. The maximum atomic E-state index is 12.9. The monoisotopic (exact) mass is 195 g/mol. The largest absolute Gasteiger partial charge is 0.504 e. The van der Waals surface area contributed by atoms with Crippen LogP contribution in [0.2, 0.25) is 0 Å². The third kappa shape index (κ3) is 1.98. The van der Waals surface area contributed by atoms with E-state index in [2.05, 4.69) is 0 Å². The lowest BCUT2D eigenvalue weighted by Crippen LogP contribution is -2.01. The van der Waals surface area contributed by atoms with E-state index < -0.39 is 17.5 Å². The summed E-state index contributed by atoms with van der Waals surface area (Å²) in [5.41, 5.74) is -0.120. The first kappa shape index (κ1) is 9.99. The number of carboxylic acid groups (broad SMARTS) is 1. The summed E-state index contributed by atoms with van der Waals surface area (Å²) in [7, 11) is 0. The molecule has 5 heteroatoms. The summed E-state index contributed by atoms with van der Waals surface area (Å²) < 4.78 is 12.9. The van der Waals surface area contributed by atoms with Crippen LogP contribution in [0.3, 0.4) is 0 Å². The van der Waals surface area contributed by atoms with Crippen LogP contribution in [0.4, 0.5) is 4.39 Å². The molecule has 0 saturated carbocycles. The van der Waals surface area contributed by atoms with Gasteiger partial charge in [0, 0.05) is 0 Å². The lowest BCUT2D eigenvalue weighted by atomic mass is 10.1. The Morgan fingerprint density at radius 1 is 1.57 bits per heavy atom. The minimum atomic E-state index is -1.13. The quantitative estimate of drug-likeness (QED) is 0.738. The predicted molar refractivity (Wildman–Crippen MR) is 44.1 cm³/mol. The Hall–Kier alpha value is -2.09. The summed E-state index contributed by atoms with van der Waals surface area (Å²) in [6, 6.07) is 3.61. The van der Waals surface area contributed by atoms with Crippen molar-refractivity contribution in [1.82, 2.24) is 0 Å². The van der Waals surface area contributed by atoms with Crippen molar-refractivity contribution in [3.8, 4) is 11.8 Å². The van der Waals surface area contributed by atoms with Gasteiger partial charge in [-0.25, -0.2) is 4.39 Å². The maximum absolute atomic E-state index is 12.9. The first-order chi connectivity index (χ1) is 6.54. The number of benzene rings is 1. The number of nitriles is 1. The fourth-order valence-corrected chi connectivity index (χ4v) is 1.02. The third-order valence-corrected chi connectivity index (χ3v) is 1.60. The highest BCUT2D eigenvalue weighted by molar-refractivity contribution is 5.70. The van der Waals surface area contributed by atoms with Crippen LogP contribution < -0.4 is 0 Å². The minimum Gasteiger partial charge on any atom is -0.504 e. The number of aliphatic carboxylic acids is 1. The molecule has 0 aliphatic rings. The Labute approximate surface area is 78.8 Å². The zero-order valence-electron chi connectivity index (χ0n) is 6.99. The molecular formula is C9H6FNO3. The van der Waals surface area contributed by atoms with Crippen molar-refractivity contribution in [2.45, 2.75) is 6.42 Å². The standard InChI is InChI=1S/C9H6FNO3/c10-7-2-5(3-8(12)13)1-6(4-11)9(7)14/h1-2,14H,3H2,(H,12,13). The number of nitrogens with zero attached hydrogens (tertiary/aromatic N) is 1. The van der Waals surface area contributed by atoms with Gasteiger partial charge in [0.05, 0.1) is 12.0 Å². The summed E-state index contributed by atoms with van der Waals surface area (Å²) in [5.74, 6) is -2.86. The van der Waals surface area contributed by atoms with Crippen molar-refractivity contribution >= 4 is 5.97 Å². The molecule has 0 aromatic heterocycles. The minimum absolute atomic E-state index is 0.143. The van der Waals surface area contributed by atoms with Crippen molar-refractivity contribution < 1.29 is 19.4 Å². The van der Waals surface area contributed by atoms with Gasteiger partial charge in [-0.2, -0.15) is 5.26 Å². The van der Waals surface area contributed by atoms with Crippen molar-refractivity contribution in [3.05, 3.63) is 29.1 Å². The van der Waals surface area contributed by atoms with Crippen molar-refractivity contribution in [3.63, 3.8) is 0 Å². The molecule has 72 valence electrons. The predicted octanol–water partition coefficient (Wildman–Crippen LogP) is 1.03. The first-order valence-electron chi connectivity index (χ1n) is 3.68. The number of hydrogen-bond acceptors (Lipinski definition) is 3. The SMILES string of the molecule is N#Cc1cc(CC(=O)O)cc(F)c1O. The maximum Gasteiger partial charge on any atom is 0.307 e. The summed E-state index contributed by atoms with van der Waals surface area (Å²) in [5, 5.41) is 25.9. The lowest BCUT2D eigenvalue weighted by Gasteiger charge is -2.01. The van der Waals surface area contributed by atoms with E-state index in [9.17, 15) is 9.18 Å². The van der Waals surface area contributed by atoms with E-state index in [4.69, 9.17) is 15.5 Å². The van der Waals surface area contributed by atoms with Crippen LogP contribution >= 0.6 is 0 Å². The highest BCUT2D eigenvalue weighted by Gasteiger charge is 2.11. The van der Waals surface area contributed by atoms with Gasteiger partial charge >= 0.3 is 5.97 Å². The first-order valence-corrected chi connectivity index (χ1v) is 3.68. The number of hydrogen-bond donors (Lipinski definition) is 2. The molecule has 0 unspecified atom stereocenters. The molecular weight excluding hydrogens is 189 g/mol. The fourth-order valence-electron chi connectivity index (χ4n) is 1.02. The molecule has 0 aliphatic carbocycles. The van der Waals surface area contributed by atoms with Crippen LogP contribution in [0, 0.1) is 17.1 Å². The van der Waals surface area contributed by atoms with Crippen LogP contribution in [0.1, 0.15) is 11.1 Å². The third-order valence-electron chi connectivity index (χ3n) is 1.60. The van der Waals surface area contributed by atoms with Gasteiger partial charge in [-0.3, -0.25) is 4.79 Å². The second-order valence-electron chi connectivity index (χ2n) is 2.66. The van der Waals surface area contributed by atoms with Gasteiger partial charge in [0.25, 0.3) is 0 Å². The Kier molecular flexibility index (Phi) is 2.67. The zero-order chi connectivity index (χ0) is 10.7. The smallest absolute Gasteiger partial charge is 0.307 e. The van der Waals surface area contributed by atoms with Gasteiger partial charge in [0.15, 0.2) is 11.6 Å². The molecule has 0 radical (unpaired) electrons. The summed E-state index contributed by atoms with van der Waals surface area (Å²) in [6.07, 6.45) is -0.383. The molecule has 0 heterocycles. The van der Waals surface area contributed by atoms with E-state index in [1.165, 1.54) is 0 Å². The molecule has 1 aromatic rings. The zero-order valence-corrected chi connectivity index (χ0v) is 6.99. The normalized spacial score (nSPS) is 9.43. The molecule has 1 aromatic carbocycles. The highest BCUT2D eigenvalue weighted by atomic mass is 19.1. The average molecular weight is 195 g/mol. The van der Waals surface area contributed by atoms with Crippen LogP contribution in [-0.2, 0) is 11.2 Å². The summed E-state index contributed by atoms with van der Waals surface area (Å²) in [6.45, 7) is 0. The molecule has 0 spiro atoms. The van der Waals surface area contributed by atoms with E-state index in [1.54, 1.807) is 6.07 Å². The fraction of sp³-hybridized carbons (Fsp3) is 0.111. The topological polar surface area (TPSA) is 81.3 Å². The van der Waals surface area contributed by atoms with E-state index in [1.807, 2.05) is 0 Å². The second-order valence-corrected chi connectivity index (χ2v) is 2.66. The van der Waals surface area contributed by atoms with Crippen molar-refractivity contribution in [1.29, 1.82) is 5.26 Å². The van der Waals surface area contributed by atoms with E-state index >= 15 is 0 Å². The van der Waals surface area contributed by atoms with Crippen LogP contribution in [0.25, 0.3) is 0 Å². The van der Waals surface area contributed by atoms with Gasteiger partial charge in [-0.15, -0.1) is 0 Å². The van der Waals surface area contributed by atoms with Crippen LogP contribution in [-0.4, -0.2) is 16.2 Å². The Morgan fingerprint density at radius 3 is 2.71 bits per heavy atom. The molecule has 0 bridgehead atoms. The molecule has 14 heavy (non-hydrogen) atoms. The number of phenols is 1. The van der Waals surface area contributed by atoms with Gasteiger partial charge < -0.3 is 10.2 Å². The molecule has 4 nitrogen and oxygen atoms in total. The van der Waals surface area contributed by atoms with E-state index in [0.29, 0.717) is 0 Å². The Morgan fingerprint density at radius 2 is 2.21 bits per heavy atom. The average Bonchev–Trinajstić information content (AvgIpc) is 2.10. The molecule has 0 fully saturated rings. The highest BCUT2D eigenvalue weighted by Crippen LogP contribution is 2.22. The van der Waals surface area contributed by atoms with Crippen LogP contribution in [0.15, 0.2) is 12.1 Å². The molecule has 0 aliphatic heterocycles. The van der Waals surface area contributed by atoms with Gasteiger partial charge in [0.1, 0.15) is 6.07 Å². The molecule has 0 amide bonds. The van der Waals surface area contributed by atoms with Crippen LogP contribution in [0.5, 0.6) is 5.75 Å². The number of carboxylic acids is 1. The number of carbonyl (C=O) groups is 1. The number of phenolic OH excluding ortho intramolecular Hbond substituents is 1. The van der Waals surface area contributed by atoms with Crippen molar-refractivity contribution in [2.24, 2.45) is 0 Å². The number of halogens is 1. The number of aromatic hydroxyl groups is 1. The Bertz CT molecular complexity index is 423. The van der Waals surface area contributed by atoms with Gasteiger partial charge in [-0.05, 0) is 17.7 Å². The lowest BCUT2D eigenvalue weighted by molar-refractivity contribution is -0.136. The van der Waals surface area contributed by atoms with E-state index in [-0.39, 0.29) is 17.5 Å². The van der Waals surface area contributed by atoms with E-state index in [0.717, 1.165) is 12.1 Å². The molecule has 0 saturated heterocycles. The van der Waals surface area contributed by atoms with Gasteiger partial charge in [-0.1, -0.05) is 0 Å². The summed E-state index contributed by atoms with van der Waals surface area (Å²) in [4.78, 5) is 10.3. The molecule has 2 N–H and O–H groups in total. The second kappa shape index (κ2) is 3.75. The molecule has 1 rings (SSSR count). The van der Waals surface area contributed by atoms with Crippen molar-refractivity contribution in [2.75, 3.05) is 0 Å². The molecule has 0 atom stereocenters. The number of rotatable bonds is 2. The Balaban J connectivity index is 3.18.